The normalized spacial score (nSPS) is 13.8. The number of non-ortho nitro benzene ring substituents is 1. The number of unbranched alkanes of at least 4 members (excludes halogenated alkanes) is 1. The molecular formula is C32H41N5O4S. The van der Waals surface area contributed by atoms with Crippen LogP contribution in [-0.2, 0) is 23.7 Å². The summed E-state index contributed by atoms with van der Waals surface area (Å²) in [6.45, 7) is 11.2. The minimum absolute atomic E-state index is 0.00653. The summed E-state index contributed by atoms with van der Waals surface area (Å²) < 4.78 is 1.64. The maximum Gasteiger partial charge on any atom is 0.269 e. The quantitative estimate of drug-likeness (QED) is 0.101. The third-order valence-electron chi connectivity index (χ3n) is 7.82. The second-order valence-corrected chi connectivity index (χ2v) is 13.0. The van der Waals surface area contributed by atoms with E-state index in [0.717, 1.165) is 41.1 Å². The van der Waals surface area contributed by atoms with E-state index in [0.29, 0.717) is 44.2 Å². The van der Waals surface area contributed by atoms with Crippen molar-refractivity contribution in [2.75, 3.05) is 36.8 Å². The molecule has 1 aliphatic heterocycles. The number of nitro groups is 1. The standard InChI is InChI=1S/C32H41N5O4S/c1-23-28(22-24-9-11-25(12-10-24)32(2,3)4)30(39)34(5)31(33-23)42-21-7-6-8-29(38)36-19-17-35(18-20-36)26-13-15-27(16-14-26)37(40)41/h9-16H,6-8,17-22H2,1-5H3. The first-order valence-electron chi connectivity index (χ1n) is 14.5. The van der Waals surface area contributed by atoms with Gasteiger partial charge in [-0.2, -0.15) is 0 Å². The van der Waals surface area contributed by atoms with Crippen LogP contribution in [0.2, 0.25) is 0 Å². The van der Waals surface area contributed by atoms with Gasteiger partial charge in [0.2, 0.25) is 5.91 Å². The largest absolute Gasteiger partial charge is 0.368 e. The number of hydrogen-bond acceptors (Lipinski definition) is 7. The van der Waals surface area contributed by atoms with Crippen LogP contribution in [-0.4, -0.2) is 57.2 Å². The fourth-order valence-corrected chi connectivity index (χ4v) is 6.10. The second-order valence-electron chi connectivity index (χ2n) is 11.9. The SMILES string of the molecule is Cc1nc(SCCCCC(=O)N2CCN(c3ccc([N+](=O)[O-])cc3)CC2)n(C)c(=O)c1Cc1ccc(C(C)(C)C)cc1. The van der Waals surface area contributed by atoms with E-state index in [1.54, 1.807) is 35.5 Å². The molecule has 0 spiro atoms. The molecule has 3 aromatic rings. The first-order valence-corrected chi connectivity index (χ1v) is 15.5. The van der Waals surface area contributed by atoms with Gasteiger partial charge in [-0.3, -0.25) is 24.3 Å². The van der Waals surface area contributed by atoms with E-state index in [9.17, 15) is 19.7 Å². The molecule has 2 aromatic carbocycles. The minimum Gasteiger partial charge on any atom is -0.368 e. The van der Waals surface area contributed by atoms with Crippen LogP contribution in [0.1, 0.15) is 62.4 Å². The number of aromatic nitrogens is 2. The summed E-state index contributed by atoms with van der Waals surface area (Å²) in [6, 6.07) is 15.0. The topological polar surface area (TPSA) is 102 Å². The molecule has 10 heteroatoms. The lowest BCUT2D eigenvalue weighted by Gasteiger charge is -2.36. The van der Waals surface area contributed by atoms with Crippen molar-refractivity contribution in [2.24, 2.45) is 7.05 Å². The highest BCUT2D eigenvalue weighted by Gasteiger charge is 2.21. The van der Waals surface area contributed by atoms with Crippen molar-refractivity contribution in [1.82, 2.24) is 14.5 Å². The number of thioether (sulfide) groups is 1. The fraction of sp³-hybridized carbons (Fsp3) is 0.469. The molecule has 224 valence electrons. The molecule has 0 unspecified atom stereocenters. The van der Waals surface area contributed by atoms with E-state index in [1.165, 1.54) is 17.7 Å². The molecule has 1 aliphatic rings. The maximum atomic E-state index is 13.2. The Morgan fingerprint density at radius 3 is 2.24 bits per heavy atom. The van der Waals surface area contributed by atoms with Gasteiger partial charge in [-0.1, -0.05) is 56.8 Å². The third-order valence-corrected chi connectivity index (χ3v) is 8.94. The molecule has 42 heavy (non-hydrogen) atoms. The number of rotatable bonds is 10. The third kappa shape index (κ3) is 7.79. The molecular weight excluding hydrogens is 550 g/mol. The number of piperazine rings is 1. The number of anilines is 1. The number of carbonyl (C=O) groups excluding carboxylic acids is 1. The Morgan fingerprint density at radius 2 is 1.64 bits per heavy atom. The zero-order valence-electron chi connectivity index (χ0n) is 25.3. The number of hydrogen-bond donors (Lipinski definition) is 0. The van der Waals surface area contributed by atoms with Crippen molar-refractivity contribution in [3.05, 3.63) is 91.4 Å². The summed E-state index contributed by atoms with van der Waals surface area (Å²) in [4.78, 5) is 45.2. The fourth-order valence-electron chi connectivity index (χ4n) is 5.09. The summed E-state index contributed by atoms with van der Waals surface area (Å²) in [5.74, 6) is 0.943. The number of aryl methyl sites for hydroxylation is 1. The Morgan fingerprint density at radius 1 is 1.00 bits per heavy atom. The van der Waals surface area contributed by atoms with E-state index in [4.69, 9.17) is 4.98 Å². The lowest BCUT2D eigenvalue weighted by molar-refractivity contribution is -0.384. The molecule has 0 saturated carbocycles. The molecule has 4 rings (SSSR count). The Balaban J connectivity index is 1.21. The highest BCUT2D eigenvalue weighted by molar-refractivity contribution is 7.99. The lowest BCUT2D eigenvalue weighted by atomic mass is 9.86. The number of benzene rings is 2. The van der Waals surface area contributed by atoms with Crippen LogP contribution in [0.5, 0.6) is 0 Å². The molecule has 1 amide bonds. The van der Waals surface area contributed by atoms with Gasteiger partial charge in [0.05, 0.1) is 4.92 Å². The van der Waals surface area contributed by atoms with Crippen LogP contribution < -0.4 is 10.5 Å². The maximum absolute atomic E-state index is 13.2. The van der Waals surface area contributed by atoms with E-state index >= 15 is 0 Å². The predicted molar refractivity (Wildman–Crippen MR) is 169 cm³/mol. The number of amides is 1. The summed E-state index contributed by atoms with van der Waals surface area (Å²) >= 11 is 1.56. The van der Waals surface area contributed by atoms with Crippen LogP contribution in [0, 0.1) is 17.0 Å². The minimum atomic E-state index is -0.401. The van der Waals surface area contributed by atoms with E-state index in [1.807, 2.05) is 11.8 Å². The van der Waals surface area contributed by atoms with Gasteiger partial charge in [-0.15, -0.1) is 0 Å². The zero-order chi connectivity index (χ0) is 30.4. The van der Waals surface area contributed by atoms with E-state index < -0.39 is 4.92 Å². The summed E-state index contributed by atoms with van der Waals surface area (Å²) in [6.07, 6.45) is 2.70. The van der Waals surface area contributed by atoms with Crippen molar-refractivity contribution < 1.29 is 9.72 Å². The van der Waals surface area contributed by atoms with Crippen molar-refractivity contribution in [2.45, 2.75) is 63.9 Å². The van der Waals surface area contributed by atoms with Gasteiger partial charge < -0.3 is 9.80 Å². The first-order chi connectivity index (χ1) is 19.9. The van der Waals surface area contributed by atoms with Crippen LogP contribution >= 0.6 is 11.8 Å². The van der Waals surface area contributed by atoms with Gasteiger partial charge in [0.25, 0.3) is 11.2 Å². The van der Waals surface area contributed by atoms with Gasteiger partial charge in [0.15, 0.2) is 5.16 Å². The van der Waals surface area contributed by atoms with Crippen LogP contribution in [0.3, 0.4) is 0 Å². The number of nitro benzene ring substituents is 1. The Labute approximate surface area is 252 Å². The molecule has 1 saturated heterocycles. The average molecular weight is 592 g/mol. The molecule has 0 radical (unpaired) electrons. The molecule has 0 N–H and O–H groups in total. The lowest BCUT2D eigenvalue weighted by Crippen LogP contribution is -2.48. The van der Waals surface area contributed by atoms with Crippen LogP contribution in [0.25, 0.3) is 0 Å². The summed E-state index contributed by atoms with van der Waals surface area (Å²) in [5, 5.41) is 11.6. The van der Waals surface area contributed by atoms with Crippen molar-refractivity contribution >= 4 is 29.0 Å². The Bertz CT molecular complexity index is 1450. The van der Waals surface area contributed by atoms with Gasteiger partial charge >= 0.3 is 0 Å². The monoisotopic (exact) mass is 591 g/mol. The highest BCUT2D eigenvalue weighted by atomic mass is 32.2. The second kappa shape index (κ2) is 13.5. The van der Waals surface area contributed by atoms with Gasteiger partial charge in [0, 0.05) is 80.9 Å². The average Bonchev–Trinajstić information content (AvgIpc) is 2.97. The highest BCUT2D eigenvalue weighted by Crippen LogP contribution is 2.24. The van der Waals surface area contributed by atoms with Crippen LogP contribution in [0.4, 0.5) is 11.4 Å². The first kappa shape index (κ1) is 31.3. The van der Waals surface area contributed by atoms with Gasteiger partial charge in [-0.05, 0) is 48.4 Å². The van der Waals surface area contributed by atoms with Crippen molar-refractivity contribution in [1.29, 1.82) is 0 Å². The van der Waals surface area contributed by atoms with Gasteiger partial charge in [0.1, 0.15) is 0 Å². The smallest absolute Gasteiger partial charge is 0.269 e. The molecule has 2 heterocycles. The number of nitrogens with zero attached hydrogens (tertiary/aromatic N) is 5. The van der Waals surface area contributed by atoms with Crippen molar-refractivity contribution in [3.8, 4) is 0 Å². The molecule has 0 bridgehead atoms. The zero-order valence-corrected chi connectivity index (χ0v) is 26.1. The predicted octanol–water partition coefficient (Wildman–Crippen LogP) is 5.50. The van der Waals surface area contributed by atoms with E-state index in [-0.39, 0.29) is 22.6 Å². The summed E-state index contributed by atoms with van der Waals surface area (Å²) in [7, 11) is 1.78. The summed E-state index contributed by atoms with van der Waals surface area (Å²) in [5.41, 5.74) is 4.96. The van der Waals surface area contributed by atoms with E-state index in [2.05, 4.69) is 49.9 Å². The van der Waals surface area contributed by atoms with Crippen LogP contribution in [0.15, 0.2) is 58.5 Å². The number of carbonyl (C=O) groups is 1. The molecule has 1 fully saturated rings. The Kier molecular flexibility index (Phi) is 10.1. The molecule has 1 aromatic heterocycles. The van der Waals surface area contributed by atoms with Gasteiger partial charge in [-0.25, -0.2) is 4.98 Å². The Hall–Kier alpha value is -3.66. The molecule has 0 atom stereocenters. The molecule has 9 nitrogen and oxygen atoms in total. The molecule has 0 aliphatic carbocycles. The van der Waals surface area contributed by atoms with Crippen molar-refractivity contribution in [3.63, 3.8) is 0 Å².